The van der Waals surface area contributed by atoms with Crippen molar-refractivity contribution >= 4 is 52.5 Å². The molecule has 1 saturated heterocycles. The summed E-state index contributed by atoms with van der Waals surface area (Å²) in [7, 11) is 1.52. The molecule has 1 fully saturated rings. The Kier molecular flexibility index (Phi) is 6.33. The van der Waals surface area contributed by atoms with Crippen molar-refractivity contribution in [1.29, 1.82) is 0 Å². The molecule has 3 aromatic rings. The highest BCUT2D eigenvalue weighted by atomic mass is 32.2. The van der Waals surface area contributed by atoms with Crippen LogP contribution in [0.5, 0.6) is 5.75 Å². The van der Waals surface area contributed by atoms with Crippen molar-refractivity contribution < 1.29 is 28.3 Å². The zero-order chi connectivity index (χ0) is 26.4. The molecule has 10 nitrogen and oxygen atoms in total. The lowest BCUT2D eigenvalue weighted by molar-refractivity contribution is -0.135. The first-order valence-electron chi connectivity index (χ1n) is 11.0. The summed E-state index contributed by atoms with van der Waals surface area (Å²) >= 11 is 1.78. The number of anilines is 1. The second-order valence-corrected chi connectivity index (χ2v) is 10.5. The fourth-order valence-electron chi connectivity index (χ4n) is 4.52. The number of thioether (sulfide) groups is 1. The minimum absolute atomic E-state index is 0.336. The summed E-state index contributed by atoms with van der Waals surface area (Å²) < 4.78 is 20.0. The second-order valence-electron chi connectivity index (χ2n) is 8.34. The van der Waals surface area contributed by atoms with Gasteiger partial charge in [-0.2, -0.15) is 4.90 Å². The molecule has 0 saturated carbocycles. The van der Waals surface area contributed by atoms with Crippen molar-refractivity contribution in [2.45, 2.75) is 22.7 Å². The third-order valence-corrected chi connectivity index (χ3v) is 8.78. The van der Waals surface area contributed by atoms with E-state index in [-0.39, 0.29) is 6.54 Å². The SMILES string of the molecule is COc1ccc(NC(=O)Cn2c3c(sc2=O)C(c2ccc(F)cc2)C2C(=O)N(C(N)=O)C(=O)C2S3)cc1. The molecule has 3 heterocycles. The zero-order valence-electron chi connectivity index (χ0n) is 19.2. The van der Waals surface area contributed by atoms with E-state index in [4.69, 9.17) is 10.5 Å². The Hall–Kier alpha value is -3.97. The van der Waals surface area contributed by atoms with Gasteiger partial charge in [0.05, 0.1) is 18.1 Å². The number of fused-ring (bicyclic) bond motifs is 2. The molecule has 5 amide bonds. The number of halogens is 1. The van der Waals surface area contributed by atoms with E-state index in [2.05, 4.69) is 5.32 Å². The molecule has 3 atom stereocenters. The third kappa shape index (κ3) is 4.29. The summed E-state index contributed by atoms with van der Waals surface area (Å²) in [4.78, 5) is 64.3. The number of carbonyl (C=O) groups excluding carboxylic acids is 4. The van der Waals surface area contributed by atoms with Gasteiger partial charge in [-0.1, -0.05) is 35.2 Å². The van der Waals surface area contributed by atoms with Gasteiger partial charge in [-0.05, 0) is 42.0 Å². The molecule has 0 bridgehead atoms. The molecule has 190 valence electrons. The van der Waals surface area contributed by atoms with E-state index in [0.29, 0.717) is 31.8 Å². The quantitative estimate of drug-likeness (QED) is 0.472. The van der Waals surface area contributed by atoms with Gasteiger partial charge in [0, 0.05) is 16.5 Å². The van der Waals surface area contributed by atoms with Gasteiger partial charge < -0.3 is 15.8 Å². The highest BCUT2D eigenvalue weighted by Gasteiger charge is 2.57. The first-order chi connectivity index (χ1) is 17.7. The van der Waals surface area contributed by atoms with Crippen LogP contribution in [0.1, 0.15) is 16.4 Å². The number of nitrogens with zero attached hydrogens (tertiary/aromatic N) is 2. The Morgan fingerprint density at radius 1 is 1.05 bits per heavy atom. The first-order valence-corrected chi connectivity index (χ1v) is 12.7. The van der Waals surface area contributed by atoms with Gasteiger partial charge >= 0.3 is 10.9 Å². The number of primary amides is 1. The Balaban J connectivity index is 1.53. The molecule has 3 N–H and O–H groups in total. The number of aromatic nitrogens is 1. The van der Waals surface area contributed by atoms with Crippen LogP contribution in [-0.4, -0.2) is 45.6 Å². The number of rotatable bonds is 5. The number of likely N-dealkylation sites (tertiary alicyclic amines) is 1. The van der Waals surface area contributed by atoms with Gasteiger partial charge in [-0.3, -0.25) is 23.7 Å². The topological polar surface area (TPSA) is 141 Å². The lowest BCUT2D eigenvalue weighted by Crippen LogP contribution is -2.41. The van der Waals surface area contributed by atoms with E-state index in [0.717, 1.165) is 23.1 Å². The van der Waals surface area contributed by atoms with Gasteiger partial charge in [0.1, 0.15) is 23.4 Å². The van der Waals surface area contributed by atoms with E-state index in [1.165, 1.54) is 35.9 Å². The highest BCUT2D eigenvalue weighted by Crippen LogP contribution is 2.53. The van der Waals surface area contributed by atoms with Gasteiger partial charge in [-0.25, -0.2) is 9.18 Å². The van der Waals surface area contributed by atoms with E-state index >= 15 is 0 Å². The van der Waals surface area contributed by atoms with Crippen molar-refractivity contribution in [3.63, 3.8) is 0 Å². The molecule has 2 aliphatic rings. The average Bonchev–Trinajstić information content (AvgIpc) is 3.31. The van der Waals surface area contributed by atoms with Crippen LogP contribution in [0.2, 0.25) is 0 Å². The van der Waals surface area contributed by atoms with Crippen LogP contribution in [-0.2, 0) is 20.9 Å². The van der Waals surface area contributed by atoms with Gasteiger partial charge in [0.2, 0.25) is 11.8 Å². The molecule has 13 heteroatoms. The summed E-state index contributed by atoms with van der Waals surface area (Å²) in [5.41, 5.74) is 6.28. The summed E-state index contributed by atoms with van der Waals surface area (Å²) in [6.45, 7) is -0.348. The molecule has 2 aromatic carbocycles. The normalized spacial score (nSPS) is 20.4. The predicted molar refractivity (Wildman–Crippen MR) is 133 cm³/mol. The predicted octanol–water partition coefficient (Wildman–Crippen LogP) is 2.37. The van der Waals surface area contributed by atoms with Crippen LogP contribution >= 0.6 is 23.1 Å². The zero-order valence-corrected chi connectivity index (χ0v) is 20.8. The number of hydrogen-bond donors (Lipinski definition) is 2. The molecule has 0 radical (unpaired) electrons. The molecule has 5 rings (SSSR count). The van der Waals surface area contributed by atoms with Crippen LogP contribution in [0.15, 0.2) is 58.4 Å². The maximum absolute atomic E-state index is 13.7. The Morgan fingerprint density at radius 3 is 2.35 bits per heavy atom. The van der Waals surface area contributed by atoms with Crippen molar-refractivity contribution in [2.75, 3.05) is 12.4 Å². The largest absolute Gasteiger partial charge is 0.497 e. The lowest BCUT2D eigenvalue weighted by atomic mass is 9.83. The Labute approximate surface area is 217 Å². The van der Waals surface area contributed by atoms with Gasteiger partial charge in [0.15, 0.2) is 0 Å². The minimum Gasteiger partial charge on any atom is -0.497 e. The van der Waals surface area contributed by atoms with Crippen molar-refractivity contribution in [3.05, 3.63) is 74.5 Å². The number of benzene rings is 2. The van der Waals surface area contributed by atoms with Gasteiger partial charge in [-0.15, -0.1) is 0 Å². The van der Waals surface area contributed by atoms with Gasteiger partial charge in [0.25, 0.3) is 5.91 Å². The number of thiazole rings is 1. The van der Waals surface area contributed by atoms with Crippen LogP contribution in [0.4, 0.5) is 14.9 Å². The lowest BCUT2D eigenvalue weighted by Gasteiger charge is -2.30. The number of nitrogens with two attached hydrogens (primary N) is 1. The summed E-state index contributed by atoms with van der Waals surface area (Å²) in [5.74, 6) is -3.79. The molecule has 2 aliphatic heterocycles. The van der Waals surface area contributed by atoms with Crippen LogP contribution in [0.3, 0.4) is 0 Å². The molecular weight excluding hydrogens is 523 g/mol. The monoisotopic (exact) mass is 542 g/mol. The summed E-state index contributed by atoms with van der Waals surface area (Å²) in [6, 6.07) is 10.8. The first kappa shape index (κ1) is 24.7. The molecule has 1 aromatic heterocycles. The molecule has 37 heavy (non-hydrogen) atoms. The molecule has 0 spiro atoms. The van der Waals surface area contributed by atoms with Crippen molar-refractivity contribution in [1.82, 2.24) is 9.47 Å². The Morgan fingerprint density at radius 2 is 1.73 bits per heavy atom. The molecule has 0 aliphatic carbocycles. The van der Waals surface area contributed by atoms with Crippen LogP contribution in [0, 0.1) is 11.7 Å². The van der Waals surface area contributed by atoms with E-state index in [9.17, 15) is 28.4 Å². The number of ether oxygens (including phenoxy) is 1. The number of methoxy groups -OCH3 is 1. The molecule has 3 unspecified atom stereocenters. The smallest absolute Gasteiger partial charge is 0.328 e. The van der Waals surface area contributed by atoms with Crippen LogP contribution in [0.25, 0.3) is 0 Å². The highest BCUT2D eigenvalue weighted by molar-refractivity contribution is 8.00. The fourth-order valence-corrected chi connectivity index (χ4v) is 7.29. The van der Waals surface area contributed by atoms with E-state index < -0.39 is 51.5 Å². The number of nitrogens with one attached hydrogen (secondary N) is 1. The van der Waals surface area contributed by atoms with E-state index in [1.54, 1.807) is 24.3 Å². The maximum Gasteiger partial charge on any atom is 0.328 e. The number of carbonyl (C=O) groups is 4. The molecular formula is C24H19FN4O6S2. The standard InChI is InChI=1S/C24H19FN4O6S2/c1-35-14-8-6-13(7-9-14)27-15(30)10-28-22-19(37-24(28)34)16(11-2-4-12(25)5-3-11)17-18(36-22)21(32)29(20(17)31)23(26)33/h2-9,16-18H,10H2,1H3,(H2,26,33)(H,27,30). The Bertz CT molecular complexity index is 1480. The second kappa shape index (κ2) is 9.48. The van der Waals surface area contributed by atoms with Crippen molar-refractivity contribution in [2.24, 2.45) is 11.7 Å². The average molecular weight is 543 g/mol. The minimum atomic E-state index is -1.19. The maximum atomic E-state index is 13.7. The third-order valence-electron chi connectivity index (χ3n) is 6.17. The number of amides is 5. The summed E-state index contributed by atoms with van der Waals surface area (Å²) in [5, 5.41) is 2.00. The number of urea groups is 1. The number of imide groups is 3. The van der Waals surface area contributed by atoms with Crippen molar-refractivity contribution in [3.8, 4) is 5.75 Å². The van der Waals surface area contributed by atoms with Crippen LogP contribution < -0.4 is 20.7 Å². The van der Waals surface area contributed by atoms with E-state index in [1.807, 2.05) is 0 Å². The fraction of sp³-hybridized carbons (Fsp3) is 0.208. The summed E-state index contributed by atoms with van der Waals surface area (Å²) in [6.07, 6.45) is 0. The number of hydrogen-bond acceptors (Lipinski definition) is 8.